The Hall–Kier alpha value is -1.85. The number of aromatic nitrogens is 2. The number of carbonyl (C=O) groups excluding carboxylic acids is 1. The summed E-state index contributed by atoms with van der Waals surface area (Å²) in [5.74, 6) is 0.472. The molecule has 6 heteroatoms. The van der Waals surface area contributed by atoms with Gasteiger partial charge in [0, 0.05) is 30.4 Å². The number of piperidine rings is 1. The van der Waals surface area contributed by atoms with Gasteiger partial charge >= 0.3 is 0 Å². The molecule has 2 aliphatic rings. The minimum atomic E-state index is 0. The quantitative estimate of drug-likeness (QED) is 0.877. The van der Waals surface area contributed by atoms with Crippen molar-refractivity contribution in [3.05, 3.63) is 46.8 Å². The molecule has 0 spiro atoms. The molecule has 0 radical (unpaired) electrons. The Morgan fingerprint density at radius 3 is 2.67 bits per heavy atom. The van der Waals surface area contributed by atoms with Crippen molar-refractivity contribution < 1.29 is 4.79 Å². The molecule has 146 valence electrons. The summed E-state index contributed by atoms with van der Waals surface area (Å²) in [7, 11) is 0. The minimum Gasteiger partial charge on any atom is -0.337 e. The molecule has 27 heavy (non-hydrogen) atoms. The number of nitrogens with two attached hydrogens (primary N) is 1. The topological polar surface area (TPSA) is 64.2 Å². The maximum absolute atomic E-state index is 13.2. The van der Waals surface area contributed by atoms with Crippen molar-refractivity contribution in [1.29, 1.82) is 0 Å². The monoisotopic (exact) mass is 388 g/mol. The van der Waals surface area contributed by atoms with Gasteiger partial charge in [0.1, 0.15) is 0 Å². The van der Waals surface area contributed by atoms with Gasteiger partial charge < -0.3 is 10.6 Å². The van der Waals surface area contributed by atoms with Crippen molar-refractivity contribution in [3.63, 3.8) is 0 Å². The average molecular weight is 389 g/mol. The van der Waals surface area contributed by atoms with E-state index in [9.17, 15) is 4.79 Å². The number of amides is 1. The summed E-state index contributed by atoms with van der Waals surface area (Å²) in [4.78, 5) is 15.2. The molecule has 1 saturated heterocycles. The molecule has 2 atom stereocenters. The number of rotatable bonds is 3. The summed E-state index contributed by atoms with van der Waals surface area (Å²) in [6.07, 6.45) is 5.18. The molecule has 4 rings (SSSR count). The highest BCUT2D eigenvalue weighted by Crippen LogP contribution is 2.30. The zero-order chi connectivity index (χ0) is 18.3. The number of nitrogens with zero attached hydrogens (tertiary/aromatic N) is 3. The van der Waals surface area contributed by atoms with E-state index >= 15 is 0 Å². The van der Waals surface area contributed by atoms with Gasteiger partial charge in [0.2, 0.25) is 0 Å². The van der Waals surface area contributed by atoms with Gasteiger partial charge in [0.15, 0.2) is 5.69 Å². The fourth-order valence-corrected chi connectivity index (χ4v) is 4.28. The Kier molecular flexibility index (Phi) is 5.92. The van der Waals surface area contributed by atoms with Gasteiger partial charge in [-0.2, -0.15) is 5.10 Å². The highest BCUT2D eigenvalue weighted by molar-refractivity contribution is 5.94. The first-order chi connectivity index (χ1) is 12.5. The molecule has 2 unspecified atom stereocenters. The van der Waals surface area contributed by atoms with Crippen LogP contribution in [-0.4, -0.2) is 39.7 Å². The normalized spacial score (nSPS) is 20.1. The molecule has 1 fully saturated rings. The van der Waals surface area contributed by atoms with Gasteiger partial charge in [0.05, 0.1) is 5.69 Å². The molecule has 2 aromatic rings. The Morgan fingerprint density at radius 1 is 1.22 bits per heavy atom. The van der Waals surface area contributed by atoms with Crippen LogP contribution >= 0.6 is 12.4 Å². The number of halogens is 1. The van der Waals surface area contributed by atoms with E-state index in [1.54, 1.807) is 0 Å². The predicted octanol–water partition coefficient (Wildman–Crippen LogP) is 3.29. The van der Waals surface area contributed by atoms with E-state index in [2.05, 4.69) is 31.2 Å². The molecule has 1 aliphatic heterocycles. The summed E-state index contributed by atoms with van der Waals surface area (Å²) in [6.45, 7) is 5.69. The third-order valence-electron chi connectivity index (χ3n) is 5.90. The molecule has 1 aromatic carbocycles. The van der Waals surface area contributed by atoms with Crippen LogP contribution in [-0.2, 0) is 12.8 Å². The number of aryl methyl sites for hydroxylation is 1. The van der Waals surface area contributed by atoms with Crippen LogP contribution in [0.15, 0.2) is 24.3 Å². The van der Waals surface area contributed by atoms with Crippen LogP contribution in [0, 0.1) is 12.8 Å². The van der Waals surface area contributed by atoms with Gasteiger partial charge in [-0.1, -0.05) is 17.7 Å². The molecule has 2 heterocycles. The van der Waals surface area contributed by atoms with Crippen molar-refractivity contribution in [2.75, 3.05) is 13.1 Å². The van der Waals surface area contributed by atoms with Crippen LogP contribution < -0.4 is 5.73 Å². The van der Waals surface area contributed by atoms with Crippen molar-refractivity contribution in [3.8, 4) is 5.69 Å². The second-order valence-electron chi connectivity index (χ2n) is 7.89. The van der Waals surface area contributed by atoms with E-state index < -0.39 is 0 Å². The molecule has 2 N–H and O–H groups in total. The molecule has 1 amide bonds. The van der Waals surface area contributed by atoms with Gasteiger partial charge in [-0.3, -0.25) is 4.79 Å². The summed E-state index contributed by atoms with van der Waals surface area (Å²) in [5, 5.41) is 4.77. The number of benzene rings is 1. The maximum atomic E-state index is 13.2. The van der Waals surface area contributed by atoms with E-state index in [1.165, 1.54) is 11.3 Å². The minimum absolute atomic E-state index is 0. The van der Waals surface area contributed by atoms with Crippen LogP contribution in [0.4, 0.5) is 0 Å². The lowest BCUT2D eigenvalue weighted by Gasteiger charge is -2.34. The van der Waals surface area contributed by atoms with Gasteiger partial charge in [-0.05, 0) is 64.0 Å². The van der Waals surface area contributed by atoms with Gasteiger partial charge in [0.25, 0.3) is 5.91 Å². The number of likely N-dealkylation sites (tertiary alicyclic amines) is 1. The third-order valence-corrected chi connectivity index (χ3v) is 5.90. The van der Waals surface area contributed by atoms with Crippen LogP contribution in [0.5, 0.6) is 0 Å². The lowest BCUT2D eigenvalue weighted by atomic mass is 9.92. The van der Waals surface area contributed by atoms with E-state index in [0.717, 1.165) is 56.4 Å². The average Bonchev–Trinajstić information content (AvgIpc) is 3.25. The fourth-order valence-electron chi connectivity index (χ4n) is 4.28. The summed E-state index contributed by atoms with van der Waals surface area (Å²) >= 11 is 0. The van der Waals surface area contributed by atoms with Crippen LogP contribution in [0.1, 0.15) is 53.5 Å². The van der Waals surface area contributed by atoms with E-state index in [0.29, 0.717) is 11.6 Å². The van der Waals surface area contributed by atoms with Crippen LogP contribution in [0.25, 0.3) is 5.69 Å². The standard InChI is InChI=1S/C21H28N4O.ClH/c1-14-8-10-17(11-9-14)25-19-7-3-6-18(19)20(23-25)21(26)24-12-4-5-16(13-24)15(2)22;/h8-11,15-16H,3-7,12-13,22H2,1-2H3;1H. The smallest absolute Gasteiger partial charge is 0.274 e. The first-order valence-corrected chi connectivity index (χ1v) is 9.77. The van der Waals surface area contributed by atoms with E-state index in [-0.39, 0.29) is 24.4 Å². The lowest BCUT2D eigenvalue weighted by molar-refractivity contribution is 0.0653. The van der Waals surface area contributed by atoms with E-state index in [1.807, 2.05) is 16.5 Å². The number of hydrogen-bond donors (Lipinski definition) is 1. The van der Waals surface area contributed by atoms with Crippen molar-refractivity contribution in [1.82, 2.24) is 14.7 Å². The molecule has 0 bridgehead atoms. The molecule has 1 aromatic heterocycles. The first-order valence-electron chi connectivity index (χ1n) is 9.77. The van der Waals surface area contributed by atoms with Crippen LogP contribution in [0.3, 0.4) is 0 Å². The lowest BCUT2D eigenvalue weighted by Crippen LogP contribution is -2.45. The number of carbonyl (C=O) groups is 1. The highest BCUT2D eigenvalue weighted by atomic mass is 35.5. The Labute approximate surface area is 167 Å². The number of hydrogen-bond acceptors (Lipinski definition) is 3. The molecular formula is C21H29ClN4O. The van der Waals surface area contributed by atoms with Crippen molar-refractivity contribution in [2.24, 2.45) is 11.7 Å². The summed E-state index contributed by atoms with van der Waals surface area (Å²) < 4.78 is 1.99. The van der Waals surface area contributed by atoms with Crippen molar-refractivity contribution in [2.45, 2.75) is 52.0 Å². The summed E-state index contributed by atoms with van der Waals surface area (Å²) in [5.41, 5.74) is 11.4. The third kappa shape index (κ3) is 3.76. The molecular weight excluding hydrogens is 360 g/mol. The fraction of sp³-hybridized carbons (Fsp3) is 0.524. The zero-order valence-electron chi connectivity index (χ0n) is 16.1. The second-order valence-corrected chi connectivity index (χ2v) is 7.89. The van der Waals surface area contributed by atoms with Gasteiger partial charge in [-0.15, -0.1) is 12.4 Å². The Balaban J connectivity index is 0.00000210. The first kappa shape index (κ1) is 19.9. The second kappa shape index (κ2) is 8.03. The largest absolute Gasteiger partial charge is 0.337 e. The van der Waals surface area contributed by atoms with E-state index in [4.69, 9.17) is 10.8 Å². The Morgan fingerprint density at radius 2 is 1.96 bits per heavy atom. The summed E-state index contributed by atoms with van der Waals surface area (Å²) in [6, 6.07) is 8.49. The maximum Gasteiger partial charge on any atom is 0.274 e. The highest BCUT2D eigenvalue weighted by Gasteiger charge is 2.32. The zero-order valence-corrected chi connectivity index (χ0v) is 17.0. The SMILES string of the molecule is Cc1ccc(-n2nc(C(=O)N3CCCC(C(C)N)C3)c3c2CCC3)cc1.Cl. The number of fused-ring (bicyclic) bond motifs is 1. The molecule has 1 aliphatic carbocycles. The molecule has 0 saturated carbocycles. The Bertz CT molecular complexity index is 812. The van der Waals surface area contributed by atoms with Crippen molar-refractivity contribution >= 4 is 18.3 Å². The predicted molar refractivity (Wildman–Crippen MR) is 110 cm³/mol. The molecule has 5 nitrogen and oxygen atoms in total. The van der Waals surface area contributed by atoms with Gasteiger partial charge in [-0.25, -0.2) is 4.68 Å². The van der Waals surface area contributed by atoms with Crippen LogP contribution in [0.2, 0.25) is 0 Å².